The summed E-state index contributed by atoms with van der Waals surface area (Å²) in [7, 11) is 0. The van der Waals surface area contributed by atoms with Crippen LogP contribution in [0.15, 0.2) is 30.3 Å². The quantitative estimate of drug-likeness (QED) is 0.895. The number of nitrogens with two attached hydrogens (primary N) is 1. The third kappa shape index (κ3) is 2.18. The molecule has 0 aliphatic carbocycles. The van der Waals surface area contributed by atoms with Crippen LogP contribution in [0.1, 0.15) is 12.5 Å². The van der Waals surface area contributed by atoms with Gasteiger partial charge < -0.3 is 5.73 Å². The van der Waals surface area contributed by atoms with Crippen molar-refractivity contribution in [3.8, 4) is 11.3 Å². The fraction of sp³-hybridized carbons (Fsp3) is 0.250. The predicted octanol–water partition coefficient (Wildman–Crippen LogP) is 3.17. The summed E-state index contributed by atoms with van der Waals surface area (Å²) >= 11 is 0. The van der Waals surface area contributed by atoms with Gasteiger partial charge in [0, 0.05) is 18.2 Å². The molecule has 0 saturated carbocycles. The van der Waals surface area contributed by atoms with Gasteiger partial charge in [-0.1, -0.05) is 18.2 Å². The molecule has 0 saturated heterocycles. The van der Waals surface area contributed by atoms with E-state index in [1.807, 2.05) is 0 Å². The number of alkyl halides is 3. The maximum atomic E-state index is 12.9. The number of halogens is 3. The number of nitrogens with zero attached hydrogens (tertiary/aromatic N) is 2. The van der Waals surface area contributed by atoms with E-state index in [0.717, 1.165) is 6.07 Å². The Kier molecular flexibility index (Phi) is 3.02. The number of aryl methyl sites for hydroxylation is 1. The first-order valence-electron chi connectivity index (χ1n) is 5.43. The second kappa shape index (κ2) is 4.36. The zero-order chi connectivity index (χ0) is 13.3. The highest BCUT2D eigenvalue weighted by atomic mass is 19.4. The molecule has 2 rings (SSSR count). The van der Waals surface area contributed by atoms with Crippen molar-refractivity contribution in [1.82, 2.24) is 9.78 Å². The van der Waals surface area contributed by atoms with E-state index < -0.39 is 11.7 Å². The first-order valence-corrected chi connectivity index (χ1v) is 5.43. The highest BCUT2D eigenvalue weighted by molar-refractivity contribution is 5.67. The van der Waals surface area contributed by atoms with Gasteiger partial charge >= 0.3 is 6.18 Å². The van der Waals surface area contributed by atoms with Gasteiger partial charge in [-0.05, 0) is 13.0 Å². The molecule has 3 nitrogen and oxygen atoms in total. The molecule has 0 aliphatic rings. The average molecular weight is 255 g/mol. The minimum Gasteiger partial charge on any atom is -0.382 e. The maximum Gasteiger partial charge on any atom is 0.417 e. The Morgan fingerprint density at radius 1 is 1.28 bits per heavy atom. The highest BCUT2D eigenvalue weighted by Gasteiger charge is 2.34. The molecule has 2 N–H and O–H groups in total. The predicted molar refractivity (Wildman–Crippen MR) is 62.8 cm³/mol. The fourth-order valence-corrected chi connectivity index (χ4v) is 1.85. The Morgan fingerprint density at radius 3 is 2.56 bits per heavy atom. The number of hydrogen-bond donors (Lipinski definition) is 1. The van der Waals surface area contributed by atoms with Gasteiger partial charge in [0.2, 0.25) is 0 Å². The van der Waals surface area contributed by atoms with Gasteiger partial charge in [0.05, 0.1) is 11.3 Å². The van der Waals surface area contributed by atoms with Crippen LogP contribution in [0.3, 0.4) is 0 Å². The topological polar surface area (TPSA) is 43.8 Å². The molecule has 6 heteroatoms. The summed E-state index contributed by atoms with van der Waals surface area (Å²) in [5.41, 5.74) is 5.33. The SMILES string of the molecule is CCn1nc(N)cc1-c1ccccc1C(F)(F)F. The van der Waals surface area contributed by atoms with Crippen LogP contribution in [0, 0.1) is 0 Å². The molecule has 0 amide bonds. The number of nitrogen functional groups attached to an aromatic ring is 1. The van der Waals surface area contributed by atoms with E-state index in [4.69, 9.17) is 5.73 Å². The van der Waals surface area contributed by atoms with Crippen LogP contribution in [0.2, 0.25) is 0 Å². The van der Waals surface area contributed by atoms with E-state index in [2.05, 4.69) is 5.10 Å². The maximum absolute atomic E-state index is 12.9. The van der Waals surface area contributed by atoms with Gasteiger partial charge in [0.25, 0.3) is 0 Å². The standard InChI is InChI=1S/C12H12F3N3/c1-2-18-10(7-11(16)17-18)8-5-3-4-6-9(8)12(13,14)15/h3-7H,2H2,1H3,(H2,16,17). The molecule has 0 aliphatic heterocycles. The second-order valence-corrected chi connectivity index (χ2v) is 3.81. The lowest BCUT2D eigenvalue weighted by Crippen LogP contribution is -2.09. The minimum atomic E-state index is -4.39. The van der Waals surface area contributed by atoms with Crippen LogP contribution in [0.4, 0.5) is 19.0 Å². The Hall–Kier alpha value is -1.98. The summed E-state index contributed by atoms with van der Waals surface area (Å²) in [6.45, 7) is 2.25. The van der Waals surface area contributed by atoms with E-state index in [1.165, 1.54) is 22.9 Å². The third-order valence-corrected chi connectivity index (χ3v) is 2.61. The number of anilines is 1. The molecule has 0 atom stereocenters. The second-order valence-electron chi connectivity index (χ2n) is 3.81. The lowest BCUT2D eigenvalue weighted by Gasteiger charge is -2.13. The number of rotatable bonds is 2. The molecule has 1 heterocycles. The summed E-state index contributed by atoms with van der Waals surface area (Å²) in [6, 6.07) is 6.86. The lowest BCUT2D eigenvalue weighted by molar-refractivity contribution is -0.137. The van der Waals surface area contributed by atoms with Crippen molar-refractivity contribution in [2.45, 2.75) is 19.6 Å². The van der Waals surface area contributed by atoms with Crippen LogP contribution >= 0.6 is 0 Å². The molecule has 1 aromatic carbocycles. The number of benzene rings is 1. The van der Waals surface area contributed by atoms with Gasteiger partial charge in [0.15, 0.2) is 0 Å². The van der Waals surface area contributed by atoms with Crippen molar-refractivity contribution < 1.29 is 13.2 Å². The summed E-state index contributed by atoms with van der Waals surface area (Å²) < 4.78 is 40.2. The molecule has 0 spiro atoms. The minimum absolute atomic E-state index is 0.0936. The van der Waals surface area contributed by atoms with Crippen molar-refractivity contribution in [3.63, 3.8) is 0 Å². The first-order chi connectivity index (χ1) is 8.43. The van der Waals surface area contributed by atoms with Crippen molar-refractivity contribution in [1.29, 1.82) is 0 Å². The molecular weight excluding hydrogens is 243 g/mol. The Balaban J connectivity index is 2.64. The fourth-order valence-electron chi connectivity index (χ4n) is 1.85. The number of hydrogen-bond acceptors (Lipinski definition) is 2. The Labute approximate surface area is 102 Å². The zero-order valence-corrected chi connectivity index (χ0v) is 9.70. The molecule has 18 heavy (non-hydrogen) atoms. The summed E-state index contributed by atoms with van der Waals surface area (Å²) in [6.07, 6.45) is -4.39. The van der Waals surface area contributed by atoms with Crippen molar-refractivity contribution in [2.75, 3.05) is 5.73 Å². The smallest absolute Gasteiger partial charge is 0.382 e. The largest absolute Gasteiger partial charge is 0.417 e. The summed E-state index contributed by atoms with van der Waals surface area (Å²) in [4.78, 5) is 0. The van der Waals surface area contributed by atoms with Crippen LogP contribution in [-0.4, -0.2) is 9.78 Å². The molecule has 0 bridgehead atoms. The van der Waals surface area contributed by atoms with Crippen LogP contribution < -0.4 is 5.73 Å². The monoisotopic (exact) mass is 255 g/mol. The molecule has 1 aromatic heterocycles. The molecule has 0 unspecified atom stereocenters. The third-order valence-electron chi connectivity index (χ3n) is 2.61. The lowest BCUT2D eigenvalue weighted by atomic mass is 10.0. The van der Waals surface area contributed by atoms with E-state index in [-0.39, 0.29) is 11.4 Å². The van der Waals surface area contributed by atoms with Gasteiger partial charge in [-0.15, -0.1) is 0 Å². The highest BCUT2D eigenvalue weighted by Crippen LogP contribution is 2.37. The Morgan fingerprint density at radius 2 is 1.94 bits per heavy atom. The number of aromatic nitrogens is 2. The van der Waals surface area contributed by atoms with Gasteiger partial charge in [-0.3, -0.25) is 4.68 Å². The van der Waals surface area contributed by atoms with Crippen molar-refractivity contribution in [2.24, 2.45) is 0 Å². The summed E-state index contributed by atoms with van der Waals surface area (Å²) in [5, 5.41) is 3.96. The van der Waals surface area contributed by atoms with Gasteiger partial charge in [-0.2, -0.15) is 18.3 Å². The van der Waals surface area contributed by atoms with E-state index in [1.54, 1.807) is 13.0 Å². The van der Waals surface area contributed by atoms with Gasteiger partial charge in [0.1, 0.15) is 5.82 Å². The van der Waals surface area contributed by atoms with E-state index in [0.29, 0.717) is 12.2 Å². The van der Waals surface area contributed by atoms with Crippen molar-refractivity contribution >= 4 is 5.82 Å². The Bertz CT molecular complexity index is 558. The molecule has 96 valence electrons. The molecular formula is C12H12F3N3. The van der Waals surface area contributed by atoms with Crippen molar-refractivity contribution in [3.05, 3.63) is 35.9 Å². The normalized spacial score (nSPS) is 11.8. The first kappa shape index (κ1) is 12.5. The van der Waals surface area contributed by atoms with Gasteiger partial charge in [-0.25, -0.2) is 0 Å². The molecule has 0 fully saturated rings. The van der Waals surface area contributed by atoms with Crippen LogP contribution in [0.25, 0.3) is 11.3 Å². The molecule has 0 radical (unpaired) electrons. The van der Waals surface area contributed by atoms with E-state index >= 15 is 0 Å². The van der Waals surface area contributed by atoms with E-state index in [9.17, 15) is 13.2 Å². The van der Waals surface area contributed by atoms with Crippen LogP contribution in [-0.2, 0) is 12.7 Å². The molecule has 2 aromatic rings. The summed E-state index contributed by atoms with van der Waals surface area (Å²) in [5.74, 6) is 0.212. The zero-order valence-electron chi connectivity index (χ0n) is 9.70. The average Bonchev–Trinajstić information content (AvgIpc) is 2.69. The van der Waals surface area contributed by atoms with Crippen LogP contribution in [0.5, 0.6) is 0 Å².